The van der Waals surface area contributed by atoms with Gasteiger partial charge in [0.05, 0.1) is 31.2 Å². The molecule has 252 valence electrons. The van der Waals surface area contributed by atoms with Crippen LogP contribution in [0.3, 0.4) is 0 Å². The van der Waals surface area contributed by atoms with Crippen LogP contribution in [0.25, 0.3) is 0 Å². The van der Waals surface area contributed by atoms with E-state index in [-0.39, 0.29) is 30.8 Å². The third kappa shape index (κ3) is 5.75. The Morgan fingerprint density at radius 2 is 1.65 bits per heavy atom. The Hall–Kier alpha value is -4.28. The normalized spacial score (nSPS) is 32.6. The third-order valence-corrected chi connectivity index (χ3v) is 10.7. The van der Waals surface area contributed by atoms with Crippen molar-refractivity contribution in [2.45, 2.75) is 80.9 Å². The second-order valence-electron chi connectivity index (χ2n) is 13.5. The first-order valence-electron chi connectivity index (χ1n) is 17.3. The predicted molar refractivity (Wildman–Crippen MR) is 176 cm³/mol. The molecular weight excluding hydrogens is 610 g/mol. The molecule has 7 rings (SSSR count). The van der Waals surface area contributed by atoms with E-state index in [9.17, 15) is 24.3 Å². The second kappa shape index (κ2) is 13.7. The lowest BCUT2D eigenvalue weighted by molar-refractivity contribution is -0.161. The maximum atomic E-state index is 15.0. The number of aliphatic hydroxyl groups excluding tert-OH is 1. The smallest absolute Gasteiger partial charge is 0.313 e. The van der Waals surface area contributed by atoms with Crippen LogP contribution in [0.4, 0.5) is 0 Å². The maximum absolute atomic E-state index is 15.0. The number of benzene rings is 2. The molecule has 4 aliphatic heterocycles. The number of aliphatic hydroxyl groups is 1. The van der Waals surface area contributed by atoms with Gasteiger partial charge in [-0.25, -0.2) is 0 Å². The molecule has 1 spiro atoms. The average Bonchev–Trinajstić information content (AvgIpc) is 3.50. The van der Waals surface area contributed by atoms with Crippen molar-refractivity contribution in [2.24, 2.45) is 11.8 Å². The van der Waals surface area contributed by atoms with E-state index in [1.807, 2.05) is 77.7 Å². The van der Waals surface area contributed by atoms with E-state index in [1.165, 1.54) is 4.90 Å². The topological polar surface area (TPSA) is 125 Å². The highest BCUT2D eigenvalue weighted by Crippen LogP contribution is 2.55. The minimum Gasteiger partial charge on any atom is -0.455 e. The zero-order valence-electron chi connectivity index (χ0n) is 27.0. The molecular formula is C38H43N3O7. The fourth-order valence-electron chi connectivity index (χ4n) is 8.45. The molecule has 2 N–H and O–H groups in total. The fraction of sp³-hybridized carbons (Fsp3) is 0.474. The summed E-state index contributed by atoms with van der Waals surface area (Å²) < 4.78 is 13.1. The van der Waals surface area contributed by atoms with Gasteiger partial charge in [0.1, 0.15) is 23.7 Å². The van der Waals surface area contributed by atoms with Gasteiger partial charge in [0.15, 0.2) is 0 Å². The lowest BCUT2D eigenvalue weighted by Gasteiger charge is -2.41. The predicted octanol–water partition coefficient (Wildman–Crippen LogP) is 3.78. The molecule has 0 bridgehead atoms. The molecule has 1 saturated carbocycles. The number of esters is 1. The zero-order chi connectivity index (χ0) is 33.3. The summed E-state index contributed by atoms with van der Waals surface area (Å²) in [6, 6.07) is 16.5. The number of nitrogens with zero attached hydrogens (tertiary/aromatic N) is 2. The van der Waals surface area contributed by atoms with Crippen LogP contribution >= 0.6 is 0 Å². The van der Waals surface area contributed by atoms with E-state index in [4.69, 9.17) is 9.47 Å². The van der Waals surface area contributed by atoms with Crippen LogP contribution in [-0.2, 0) is 28.7 Å². The molecule has 5 aliphatic rings. The molecule has 3 fully saturated rings. The van der Waals surface area contributed by atoms with Crippen molar-refractivity contribution >= 4 is 23.7 Å². The molecule has 48 heavy (non-hydrogen) atoms. The molecule has 2 aromatic carbocycles. The summed E-state index contributed by atoms with van der Waals surface area (Å²) in [5, 5.41) is 13.7. The van der Waals surface area contributed by atoms with Crippen LogP contribution in [-0.4, -0.2) is 82.1 Å². The van der Waals surface area contributed by atoms with Gasteiger partial charge < -0.3 is 29.7 Å². The lowest BCUT2D eigenvalue weighted by atomic mass is 9.77. The summed E-state index contributed by atoms with van der Waals surface area (Å²) >= 11 is 0. The van der Waals surface area contributed by atoms with E-state index in [1.54, 1.807) is 12.2 Å². The Kier molecular flexibility index (Phi) is 9.20. The summed E-state index contributed by atoms with van der Waals surface area (Å²) in [6.07, 6.45) is 11.2. The second-order valence-corrected chi connectivity index (χ2v) is 13.5. The van der Waals surface area contributed by atoms with Crippen LogP contribution in [0, 0.1) is 11.8 Å². The van der Waals surface area contributed by atoms with Gasteiger partial charge in [0.25, 0.3) is 0 Å². The lowest BCUT2D eigenvalue weighted by Crippen LogP contribution is -2.58. The molecule has 0 radical (unpaired) electrons. The monoisotopic (exact) mass is 653 g/mol. The van der Waals surface area contributed by atoms with Gasteiger partial charge in [-0.05, 0) is 30.4 Å². The van der Waals surface area contributed by atoms with Crippen molar-refractivity contribution in [3.05, 3.63) is 96.1 Å². The van der Waals surface area contributed by atoms with E-state index in [2.05, 4.69) is 5.32 Å². The number of carbonyl (C=O) groups excluding carboxylic acids is 4. The Morgan fingerprint density at radius 3 is 2.38 bits per heavy atom. The zero-order valence-corrected chi connectivity index (χ0v) is 27.0. The van der Waals surface area contributed by atoms with Crippen LogP contribution in [0.1, 0.15) is 68.2 Å². The summed E-state index contributed by atoms with van der Waals surface area (Å²) in [7, 11) is 0. The first kappa shape index (κ1) is 32.3. The van der Waals surface area contributed by atoms with Crippen molar-refractivity contribution in [1.82, 2.24) is 15.1 Å². The summed E-state index contributed by atoms with van der Waals surface area (Å²) in [4.78, 5) is 60.3. The largest absolute Gasteiger partial charge is 0.455 e. The minimum absolute atomic E-state index is 0.0301. The number of hydrogen-bond donors (Lipinski definition) is 2. The number of likely N-dealkylation sites (tertiary alicyclic amines) is 1. The van der Waals surface area contributed by atoms with Gasteiger partial charge in [-0.1, -0.05) is 104 Å². The molecule has 0 aromatic heterocycles. The van der Waals surface area contributed by atoms with Gasteiger partial charge in [-0.15, -0.1) is 0 Å². The molecule has 1 aliphatic carbocycles. The number of ether oxygens (including phenoxy) is 2. The highest BCUT2D eigenvalue weighted by molar-refractivity contribution is 5.99. The number of nitrogens with one attached hydrogen (secondary N) is 1. The minimum atomic E-state index is -1.48. The number of hydrogen-bond acceptors (Lipinski definition) is 7. The number of allylic oxidation sites excluding steroid dienone is 1. The highest BCUT2D eigenvalue weighted by atomic mass is 16.6. The molecule has 7 atom stereocenters. The van der Waals surface area contributed by atoms with Crippen molar-refractivity contribution < 1.29 is 33.8 Å². The standard InChI is InChI=1S/C38H43N3O7/c42-24-28(25-13-4-1-5-14-25)41-34-36(45)40(27-17-8-3-9-18-27)22-12-21-38(34)33(35(41)44)32-29(48-38)19-10-11-20-31(43)39-23-30(47-37(32)46)26-15-6-2-7-16-26/h1-2,4-7,10,12-16,19,21,27-30,32-34,42H,3,8-9,11,17-18,20,22-24H2,(H,39,43)/b19-10-/t28-,29-,30+,32+,33+,34-,38+/m1/s1. The molecule has 10 heteroatoms. The Bertz CT molecular complexity index is 1570. The van der Waals surface area contributed by atoms with Crippen LogP contribution in [0.2, 0.25) is 0 Å². The number of amides is 3. The number of cyclic esters (lactones) is 1. The first-order chi connectivity index (χ1) is 23.4. The molecule has 3 amide bonds. The summed E-state index contributed by atoms with van der Waals surface area (Å²) in [6.45, 7) is 0.0303. The molecule has 2 saturated heterocycles. The Morgan fingerprint density at radius 1 is 0.917 bits per heavy atom. The van der Waals surface area contributed by atoms with Crippen LogP contribution < -0.4 is 5.32 Å². The average molecular weight is 654 g/mol. The van der Waals surface area contributed by atoms with E-state index < -0.39 is 60.2 Å². The van der Waals surface area contributed by atoms with E-state index in [0.29, 0.717) is 24.1 Å². The SMILES string of the molecule is O=C1CC/C=C\[C@H]2O[C@]34C=CCN(C5CCCCC5)C(=O)[C@H]3N([C@H](CO)c3ccccc3)C(=O)[C@@H]4[C@H]2C(=O)O[C@H](c2ccccc2)CN1. The Balaban J connectivity index is 1.33. The molecule has 0 unspecified atom stereocenters. The quantitative estimate of drug-likeness (QED) is 0.372. The summed E-state index contributed by atoms with van der Waals surface area (Å²) in [5.74, 6) is -3.62. The fourth-order valence-corrected chi connectivity index (χ4v) is 8.45. The highest BCUT2D eigenvalue weighted by Gasteiger charge is 2.72. The summed E-state index contributed by atoms with van der Waals surface area (Å²) in [5.41, 5.74) is -0.0841. The van der Waals surface area contributed by atoms with Crippen molar-refractivity contribution in [1.29, 1.82) is 0 Å². The van der Waals surface area contributed by atoms with Crippen molar-refractivity contribution in [3.8, 4) is 0 Å². The Labute approximate surface area is 280 Å². The van der Waals surface area contributed by atoms with Gasteiger partial charge >= 0.3 is 5.97 Å². The molecule has 10 nitrogen and oxygen atoms in total. The number of rotatable bonds is 5. The number of carbonyl (C=O) groups is 4. The first-order valence-corrected chi connectivity index (χ1v) is 17.3. The van der Waals surface area contributed by atoms with Crippen molar-refractivity contribution in [2.75, 3.05) is 19.7 Å². The van der Waals surface area contributed by atoms with Gasteiger partial charge in [-0.3, -0.25) is 19.2 Å². The van der Waals surface area contributed by atoms with Crippen LogP contribution in [0.15, 0.2) is 85.0 Å². The molecule has 4 heterocycles. The van der Waals surface area contributed by atoms with E-state index in [0.717, 1.165) is 32.1 Å². The maximum Gasteiger partial charge on any atom is 0.313 e. The van der Waals surface area contributed by atoms with Gasteiger partial charge in [0.2, 0.25) is 17.7 Å². The van der Waals surface area contributed by atoms with E-state index >= 15 is 0 Å². The van der Waals surface area contributed by atoms with Crippen LogP contribution in [0.5, 0.6) is 0 Å². The third-order valence-electron chi connectivity index (χ3n) is 10.7. The molecule has 2 aromatic rings. The number of fused-ring (bicyclic) bond motifs is 2. The van der Waals surface area contributed by atoms with Gasteiger partial charge in [0, 0.05) is 19.0 Å². The van der Waals surface area contributed by atoms with Gasteiger partial charge in [-0.2, -0.15) is 0 Å². The van der Waals surface area contributed by atoms with Crippen molar-refractivity contribution in [3.63, 3.8) is 0 Å².